The first-order valence-corrected chi connectivity index (χ1v) is 13.3. The second-order valence-electron chi connectivity index (χ2n) is 10.7. The van der Waals surface area contributed by atoms with Crippen molar-refractivity contribution in [2.45, 2.75) is 92.8 Å². The summed E-state index contributed by atoms with van der Waals surface area (Å²) < 4.78 is 5.33. The summed E-state index contributed by atoms with van der Waals surface area (Å²) in [4.78, 5) is 24.3. The third-order valence-corrected chi connectivity index (χ3v) is 6.84. The van der Waals surface area contributed by atoms with E-state index in [1.165, 1.54) is 11.6 Å². The monoisotopic (exact) mass is 500 g/mol. The Morgan fingerprint density at radius 1 is 1.14 bits per heavy atom. The zero-order valence-corrected chi connectivity index (χ0v) is 23.4. The first-order valence-electron chi connectivity index (χ1n) is 13.3. The van der Waals surface area contributed by atoms with Crippen LogP contribution in [0.2, 0.25) is 0 Å². The van der Waals surface area contributed by atoms with Gasteiger partial charge in [-0.2, -0.15) is 0 Å². The Labute approximate surface area is 218 Å². The van der Waals surface area contributed by atoms with E-state index in [9.17, 15) is 14.7 Å². The van der Waals surface area contributed by atoms with Gasteiger partial charge in [0, 0.05) is 24.3 Å². The zero-order valence-electron chi connectivity index (χ0n) is 23.4. The first-order chi connectivity index (χ1) is 16.9. The fraction of sp³-hybridized carbons (Fsp3) is 0.613. The molecule has 0 saturated carbocycles. The van der Waals surface area contributed by atoms with Gasteiger partial charge < -0.3 is 14.9 Å². The Balaban J connectivity index is 2.53. The fourth-order valence-electron chi connectivity index (χ4n) is 4.71. The lowest BCUT2D eigenvalue weighted by Crippen LogP contribution is -2.34. The number of cyclic esters (lactones) is 1. The van der Waals surface area contributed by atoms with Crippen molar-refractivity contribution < 1.29 is 24.5 Å². The number of rotatable bonds is 15. The van der Waals surface area contributed by atoms with Gasteiger partial charge in [0.15, 0.2) is 0 Å². The van der Waals surface area contributed by atoms with Gasteiger partial charge in [0.05, 0.1) is 12.7 Å². The van der Waals surface area contributed by atoms with Gasteiger partial charge in [-0.05, 0) is 58.3 Å². The quantitative estimate of drug-likeness (QED) is 0.157. The van der Waals surface area contributed by atoms with E-state index in [2.05, 4.69) is 32.1 Å². The van der Waals surface area contributed by atoms with Gasteiger partial charge >= 0.3 is 5.97 Å². The Morgan fingerprint density at radius 2 is 1.83 bits per heavy atom. The number of aliphatic hydroxyl groups is 2. The van der Waals surface area contributed by atoms with Crippen molar-refractivity contribution in [1.29, 1.82) is 0 Å². The first kappa shape index (κ1) is 31.8. The molecule has 1 aliphatic heterocycles. The molecule has 0 bridgehead atoms. The van der Waals surface area contributed by atoms with Gasteiger partial charge in [-0.3, -0.25) is 4.79 Å². The number of carbonyl (C=O) groups excluding carboxylic acids is 2. The lowest BCUT2D eigenvalue weighted by Gasteiger charge is -2.25. The molecule has 202 valence electrons. The van der Waals surface area contributed by atoms with E-state index in [0.717, 1.165) is 36.8 Å². The van der Waals surface area contributed by atoms with Crippen molar-refractivity contribution in [3.05, 3.63) is 59.3 Å². The summed E-state index contributed by atoms with van der Waals surface area (Å²) >= 11 is 0. The van der Waals surface area contributed by atoms with Crippen molar-refractivity contribution >= 4 is 11.8 Å². The summed E-state index contributed by atoms with van der Waals surface area (Å²) in [6.07, 6.45) is 16.9. The molecule has 0 aliphatic carbocycles. The number of aliphatic hydroxyl groups excluding tert-OH is 2. The van der Waals surface area contributed by atoms with Crippen molar-refractivity contribution in [2.75, 3.05) is 6.61 Å². The number of hydrogen-bond acceptors (Lipinski definition) is 5. The molecule has 36 heavy (non-hydrogen) atoms. The molecule has 5 heteroatoms. The van der Waals surface area contributed by atoms with E-state index in [4.69, 9.17) is 9.84 Å². The van der Waals surface area contributed by atoms with Gasteiger partial charge in [0.1, 0.15) is 11.9 Å². The van der Waals surface area contributed by atoms with Crippen LogP contribution < -0.4 is 0 Å². The second kappa shape index (κ2) is 16.5. The number of ketones is 1. The summed E-state index contributed by atoms with van der Waals surface area (Å²) in [5.74, 6) is -0.599. The molecule has 6 unspecified atom stereocenters. The summed E-state index contributed by atoms with van der Waals surface area (Å²) in [6, 6.07) is 0. The maximum atomic E-state index is 12.9. The summed E-state index contributed by atoms with van der Waals surface area (Å²) in [7, 11) is 0. The minimum absolute atomic E-state index is 0.0105. The number of hydrogen-bond donors (Lipinski definition) is 2. The van der Waals surface area contributed by atoms with E-state index in [0.29, 0.717) is 12.3 Å². The smallest absolute Gasteiger partial charge is 0.330 e. The Morgan fingerprint density at radius 3 is 2.47 bits per heavy atom. The maximum Gasteiger partial charge on any atom is 0.330 e. The molecule has 0 fully saturated rings. The van der Waals surface area contributed by atoms with Crippen molar-refractivity contribution in [3.8, 4) is 0 Å². The molecule has 5 nitrogen and oxygen atoms in total. The molecular weight excluding hydrogens is 452 g/mol. The number of carbonyl (C=O) groups is 2. The third-order valence-electron chi connectivity index (χ3n) is 6.84. The topological polar surface area (TPSA) is 83.8 Å². The minimum Gasteiger partial charge on any atom is -0.459 e. The van der Waals surface area contributed by atoms with Crippen LogP contribution in [-0.4, -0.2) is 40.8 Å². The van der Waals surface area contributed by atoms with Gasteiger partial charge in [-0.25, -0.2) is 4.79 Å². The lowest BCUT2D eigenvalue weighted by molar-refractivity contribution is -0.144. The average Bonchev–Trinajstić information content (AvgIpc) is 2.81. The van der Waals surface area contributed by atoms with Crippen LogP contribution in [0.25, 0.3) is 0 Å². The summed E-state index contributed by atoms with van der Waals surface area (Å²) in [5.41, 5.74) is 3.35. The van der Waals surface area contributed by atoms with E-state index >= 15 is 0 Å². The number of ether oxygens (including phenoxy) is 1. The Hall–Kier alpha value is -2.24. The fourth-order valence-corrected chi connectivity index (χ4v) is 4.71. The highest BCUT2D eigenvalue weighted by Gasteiger charge is 2.29. The molecule has 0 spiro atoms. The molecule has 1 rings (SSSR count). The molecule has 0 saturated heterocycles. The molecule has 1 aliphatic rings. The number of esters is 1. The van der Waals surface area contributed by atoms with E-state index in [1.54, 1.807) is 13.0 Å². The normalized spacial score (nSPS) is 21.8. The van der Waals surface area contributed by atoms with Crippen LogP contribution in [0.5, 0.6) is 0 Å². The molecular formula is C31H48O5. The van der Waals surface area contributed by atoms with Crippen molar-refractivity contribution in [3.63, 3.8) is 0 Å². The van der Waals surface area contributed by atoms with Crippen LogP contribution >= 0.6 is 0 Å². The summed E-state index contributed by atoms with van der Waals surface area (Å²) in [6.45, 7) is 13.9. The van der Waals surface area contributed by atoms with Gasteiger partial charge in [0.2, 0.25) is 0 Å². The Kier molecular flexibility index (Phi) is 14.6. The Bertz CT molecular complexity index is 860. The lowest BCUT2D eigenvalue weighted by atomic mass is 9.83. The van der Waals surface area contributed by atoms with E-state index in [1.807, 2.05) is 39.8 Å². The highest BCUT2D eigenvalue weighted by molar-refractivity contribution is 5.85. The molecule has 0 aromatic heterocycles. The number of Topliss-reactive ketones (excluding diaryl/α,β-unsaturated/α-hetero) is 1. The maximum absolute atomic E-state index is 12.9. The standard InChI is InChI=1S/C31H48O5/c1-21(18-23(3)14-15-28-12-9-13-29(33)36-28)10-8-11-22(2)19-25(5)30(34)27(7)31(35)26(6)20-24(4)16-17-32/h8-9,11,13,16,18-19,21,25-28,31-32,35H,10,12,14-15,17,20H2,1-7H3/b11-8+,22-19+,23-18+,24-16+. The number of allylic oxidation sites excluding steroid dienone is 7. The van der Waals surface area contributed by atoms with Gasteiger partial charge in [-0.1, -0.05) is 80.9 Å². The van der Waals surface area contributed by atoms with Crippen LogP contribution in [0.3, 0.4) is 0 Å². The van der Waals surface area contributed by atoms with E-state index in [-0.39, 0.29) is 36.3 Å². The molecule has 2 N–H and O–H groups in total. The molecule has 1 heterocycles. The van der Waals surface area contributed by atoms with Gasteiger partial charge in [-0.15, -0.1) is 0 Å². The molecule has 0 radical (unpaired) electrons. The predicted molar refractivity (Wildman–Crippen MR) is 147 cm³/mol. The highest BCUT2D eigenvalue weighted by atomic mass is 16.5. The second-order valence-corrected chi connectivity index (χ2v) is 10.7. The molecule has 6 atom stereocenters. The average molecular weight is 501 g/mol. The zero-order chi connectivity index (χ0) is 27.3. The van der Waals surface area contributed by atoms with Crippen LogP contribution in [0.1, 0.15) is 80.6 Å². The molecule has 0 aromatic carbocycles. The van der Waals surface area contributed by atoms with Crippen LogP contribution in [0.15, 0.2) is 59.3 Å². The van der Waals surface area contributed by atoms with Crippen molar-refractivity contribution in [2.24, 2.45) is 23.7 Å². The SMILES string of the molecule is CC(/C=C/CC(C)/C=C(\C)CCC1CC=CC(=O)O1)=C\C(C)C(=O)C(C)C(O)C(C)C/C(C)=C/CO. The predicted octanol–water partition coefficient (Wildman–Crippen LogP) is 6.28. The summed E-state index contributed by atoms with van der Waals surface area (Å²) in [5, 5.41) is 19.7. The molecule has 0 aromatic rings. The van der Waals surface area contributed by atoms with Crippen LogP contribution in [-0.2, 0) is 14.3 Å². The largest absolute Gasteiger partial charge is 0.459 e. The van der Waals surface area contributed by atoms with Crippen LogP contribution in [0.4, 0.5) is 0 Å². The third kappa shape index (κ3) is 12.1. The van der Waals surface area contributed by atoms with Crippen molar-refractivity contribution in [1.82, 2.24) is 0 Å². The van der Waals surface area contributed by atoms with Crippen LogP contribution in [0, 0.1) is 23.7 Å². The molecule has 0 amide bonds. The van der Waals surface area contributed by atoms with Gasteiger partial charge in [0.25, 0.3) is 0 Å². The van der Waals surface area contributed by atoms with E-state index < -0.39 is 12.0 Å². The highest BCUT2D eigenvalue weighted by Crippen LogP contribution is 2.24. The minimum atomic E-state index is -0.719.